The van der Waals surface area contributed by atoms with Crippen molar-refractivity contribution in [3.05, 3.63) is 53.6 Å². The number of benzene rings is 2. The van der Waals surface area contributed by atoms with Crippen molar-refractivity contribution in [2.75, 3.05) is 7.11 Å². The van der Waals surface area contributed by atoms with Crippen LogP contribution in [0.25, 0.3) is 11.1 Å². The summed E-state index contributed by atoms with van der Waals surface area (Å²) in [6, 6.07) is 14.8. The van der Waals surface area contributed by atoms with Crippen LogP contribution in [0.4, 0.5) is 0 Å². The maximum atomic E-state index is 5.41. The van der Waals surface area contributed by atoms with Crippen LogP contribution < -0.4 is 4.74 Å². The fourth-order valence-electron chi connectivity index (χ4n) is 2.32. The second-order valence-corrected chi connectivity index (χ2v) is 7.63. The van der Waals surface area contributed by atoms with E-state index in [0.717, 1.165) is 12.2 Å². The van der Waals surface area contributed by atoms with E-state index in [9.17, 15) is 0 Å². The van der Waals surface area contributed by atoms with Gasteiger partial charge in [0.1, 0.15) is 5.75 Å². The van der Waals surface area contributed by atoms with Crippen molar-refractivity contribution in [3.63, 3.8) is 0 Å². The van der Waals surface area contributed by atoms with E-state index < -0.39 is 20.8 Å². The molecule has 0 radical (unpaired) electrons. The van der Waals surface area contributed by atoms with Crippen LogP contribution in [0.3, 0.4) is 0 Å². The molecular weight excluding hydrogens is 346 g/mol. The van der Waals surface area contributed by atoms with E-state index in [2.05, 4.69) is 36.4 Å². The molecule has 92 valence electrons. The van der Waals surface area contributed by atoms with Gasteiger partial charge in [-0.1, -0.05) is 36.4 Å². The normalized spacial score (nSPS) is 10.8. The first-order valence-corrected chi connectivity index (χ1v) is 11.8. The quantitative estimate of drug-likeness (QED) is 0.616. The minimum atomic E-state index is -0.826. The second-order valence-electron chi connectivity index (χ2n) is 3.90. The number of methoxy groups -OCH3 is 1. The van der Waals surface area contributed by atoms with Crippen molar-refractivity contribution in [2.24, 2.45) is 0 Å². The van der Waals surface area contributed by atoms with Crippen LogP contribution in [-0.2, 0) is 27.3 Å². The Morgan fingerprint density at radius 1 is 1.00 bits per heavy atom. The molecule has 0 heterocycles. The van der Waals surface area contributed by atoms with E-state index >= 15 is 0 Å². The number of halogens is 2. The molecule has 0 aromatic heterocycles. The number of hydrogen-bond acceptors (Lipinski definition) is 1. The summed E-state index contributed by atoms with van der Waals surface area (Å²) in [5.74, 6) is 0.984. The molecule has 2 aromatic carbocycles. The molecule has 18 heavy (non-hydrogen) atoms. The molecule has 0 unspecified atom stereocenters. The van der Waals surface area contributed by atoms with E-state index in [4.69, 9.17) is 21.8 Å². The Morgan fingerprint density at radius 3 is 2.39 bits per heavy atom. The zero-order valence-corrected chi connectivity index (χ0v) is 13.9. The minimum absolute atomic E-state index is 0.826. The molecule has 2 aromatic rings. The topological polar surface area (TPSA) is 9.23 Å². The average Bonchev–Trinajstić information content (AvgIpc) is 2.78. The van der Waals surface area contributed by atoms with Gasteiger partial charge < -0.3 is 4.74 Å². The van der Waals surface area contributed by atoms with Gasteiger partial charge in [0.25, 0.3) is 0 Å². The molecule has 0 amide bonds. The molecule has 0 saturated heterocycles. The van der Waals surface area contributed by atoms with Crippen LogP contribution in [0.2, 0.25) is 0 Å². The van der Waals surface area contributed by atoms with Gasteiger partial charge in [-0.05, 0) is 29.2 Å². The number of rotatable bonds is 1. The monoisotopic (exact) mass is 356 g/mol. The maximum absolute atomic E-state index is 5.41. The molecule has 0 fully saturated rings. The number of hydrogen-bond donors (Lipinski definition) is 0. The van der Waals surface area contributed by atoms with Crippen LogP contribution in [0.5, 0.6) is 5.75 Å². The van der Waals surface area contributed by atoms with E-state index in [1.807, 2.05) is 6.07 Å². The fraction of sp³-hybridized carbons (Fsp3) is 0.143. The fourth-order valence-corrected chi connectivity index (χ4v) is 2.32. The Kier molecular flexibility index (Phi) is 5.29. The Bertz CT molecular complexity index is 543. The van der Waals surface area contributed by atoms with Crippen molar-refractivity contribution < 1.29 is 25.6 Å². The van der Waals surface area contributed by atoms with Gasteiger partial charge in [-0.3, -0.25) is 0 Å². The van der Waals surface area contributed by atoms with Gasteiger partial charge in [0.15, 0.2) is 0 Å². The first kappa shape index (κ1) is 14.1. The standard InChI is InChI=1S/C14H12O.2ClH.Zr/c1-15-13-8-4-6-11-9-10-5-2-3-7-12(10)14(11)13;;;/h2-8H,9H2,1H3;2*1H;/q;;;+2/p-2. The predicted molar refractivity (Wildman–Crippen MR) is 72.9 cm³/mol. The van der Waals surface area contributed by atoms with Crippen molar-refractivity contribution in [2.45, 2.75) is 6.42 Å². The Morgan fingerprint density at radius 2 is 1.67 bits per heavy atom. The molecule has 1 nitrogen and oxygen atoms in total. The van der Waals surface area contributed by atoms with E-state index in [0.29, 0.717) is 0 Å². The molecule has 4 heteroatoms. The Labute approximate surface area is 126 Å². The predicted octanol–water partition coefficient (Wildman–Crippen LogP) is 4.64. The van der Waals surface area contributed by atoms with Crippen molar-refractivity contribution in [1.29, 1.82) is 0 Å². The Hall–Kier alpha value is -0.297. The van der Waals surface area contributed by atoms with Gasteiger partial charge in [0.2, 0.25) is 0 Å². The molecular formula is C14H12Cl2OZr. The first-order chi connectivity index (χ1) is 8.81. The van der Waals surface area contributed by atoms with E-state index in [1.165, 1.54) is 22.3 Å². The Balaban J connectivity index is 0.000000367. The first-order valence-electron chi connectivity index (χ1n) is 5.52. The van der Waals surface area contributed by atoms with Crippen LogP contribution in [-0.4, -0.2) is 7.11 Å². The van der Waals surface area contributed by atoms with Crippen molar-refractivity contribution in [1.82, 2.24) is 0 Å². The van der Waals surface area contributed by atoms with Crippen LogP contribution in [0.1, 0.15) is 11.1 Å². The summed E-state index contributed by atoms with van der Waals surface area (Å²) in [5.41, 5.74) is 5.37. The zero-order valence-electron chi connectivity index (χ0n) is 9.91. The third-order valence-electron chi connectivity index (χ3n) is 3.00. The summed E-state index contributed by atoms with van der Waals surface area (Å²) in [6.45, 7) is 0. The summed E-state index contributed by atoms with van der Waals surface area (Å²) in [6.07, 6.45) is 1.03. The molecule has 1 aliphatic carbocycles. The van der Waals surface area contributed by atoms with E-state index in [-0.39, 0.29) is 0 Å². The summed E-state index contributed by atoms with van der Waals surface area (Å²) in [4.78, 5) is 0. The van der Waals surface area contributed by atoms with Crippen molar-refractivity contribution >= 4 is 17.0 Å². The average molecular weight is 358 g/mol. The van der Waals surface area contributed by atoms with Gasteiger partial charge in [-0.15, -0.1) is 0 Å². The summed E-state index contributed by atoms with van der Waals surface area (Å²) >= 11 is -0.826. The second kappa shape index (κ2) is 6.75. The van der Waals surface area contributed by atoms with Gasteiger partial charge in [0, 0.05) is 5.56 Å². The molecule has 0 N–H and O–H groups in total. The van der Waals surface area contributed by atoms with Gasteiger partial charge in [0.05, 0.1) is 7.11 Å². The molecule has 1 aliphatic rings. The van der Waals surface area contributed by atoms with Gasteiger partial charge in [-0.25, -0.2) is 0 Å². The van der Waals surface area contributed by atoms with Crippen molar-refractivity contribution in [3.8, 4) is 16.9 Å². The molecule has 0 atom stereocenters. The number of fused-ring (bicyclic) bond motifs is 3. The van der Waals surface area contributed by atoms with Gasteiger partial charge >= 0.3 is 37.9 Å². The molecule has 3 rings (SSSR count). The third kappa shape index (κ3) is 2.82. The SMILES string of the molecule is COc1cccc2c1-c1ccccc1C2.[Cl][Zr][Cl]. The molecule has 0 saturated carbocycles. The number of ether oxygens (including phenoxy) is 1. The van der Waals surface area contributed by atoms with Crippen LogP contribution in [0, 0.1) is 0 Å². The molecule has 0 spiro atoms. The van der Waals surface area contributed by atoms with Gasteiger partial charge in [-0.2, -0.15) is 0 Å². The molecule has 0 bridgehead atoms. The summed E-state index contributed by atoms with van der Waals surface area (Å²) < 4.78 is 5.41. The third-order valence-corrected chi connectivity index (χ3v) is 3.00. The summed E-state index contributed by atoms with van der Waals surface area (Å²) in [5, 5.41) is 0. The van der Waals surface area contributed by atoms with E-state index in [1.54, 1.807) is 7.11 Å². The zero-order chi connectivity index (χ0) is 13.0. The van der Waals surface area contributed by atoms with Crippen LogP contribution >= 0.6 is 17.0 Å². The summed E-state index contributed by atoms with van der Waals surface area (Å²) in [7, 11) is 11.6. The molecule has 0 aliphatic heterocycles. The van der Waals surface area contributed by atoms with Crippen LogP contribution in [0.15, 0.2) is 42.5 Å².